The predicted molar refractivity (Wildman–Crippen MR) is 69.5 cm³/mol. The number of hydrogen-bond acceptors (Lipinski definition) is 3. The Morgan fingerprint density at radius 3 is 2.39 bits per heavy atom. The van der Waals surface area contributed by atoms with Gasteiger partial charge in [0.05, 0.1) is 0 Å². The largest absolute Gasteiger partial charge is 0.508 e. The number of rotatable bonds is 5. The van der Waals surface area contributed by atoms with Crippen molar-refractivity contribution in [3.8, 4) is 5.75 Å². The van der Waals surface area contributed by atoms with Crippen LogP contribution in [-0.4, -0.2) is 37.5 Å². The minimum Gasteiger partial charge on any atom is -0.508 e. The summed E-state index contributed by atoms with van der Waals surface area (Å²) in [4.78, 5) is 0. The molecule has 1 saturated heterocycles. The van der Waals surface area contributed by atoms with Crippen molar-refractivity contribution in [3.05, 3.63) is 29.8 Å². The minimum absolute atomic E-state index is 0.219. The highest BCUT2D eigenvalue weighted by Crippen LogP contribution is 2.12. The van der Waals surface area contributed by atoms with Crippen LogP contribution < -0.4 is 4.72 Å². The monoisotopic (exact) mass is 270 g/mol. The van der Waals surface area contributed by atoms with Crippen LogP contribution >= 0.6 is 0 Å². The molecule has 1 aliphatic heterocycles. The summed E-state index contributed by atoms with van der Waals surface area (Å²) in [6.45, 7) is 1.62. The van der Waals surface area contributed by atoms with Gasteiger partial charge in [-0.25, -0.2) is 4.72 Å². The first-order valence-electron chi connectivity index (χ1n) is 6.10. The fourth-order valence-corrected chi connectivity index (χ4v) is 3.29. The molecular weight excluding hydrogens is 252 g/mol. The zero-order chi connectivity index (χ0) is 13.0. The average molecular weight is 270 g/mol. The van der Waals surface area contributed by atoms with Crippen molar-refractivity contribution in [3.63, 3.8) is 0 Å². The van der Waals surface area contributed by atoms with Crippen LogP contribution in [0.1, 0.15) is 18.4 Å². The Bertz CT molecular complexity index is 479. The van der Waals surface area contributed by atoms with Gasteiger partial charge < -0.3 is 5.11 Å². The number of phenolic OH excluding ortho intramolecular Hbond substituents is 1. The molecule has 0 radical (unpaired) electrons. The van der Waals surface area contributed by atoms with Crippen molar-refractivity contribution in [2.75, 3.05) is 19.6 Å². The Morgan fingerprint density at radius 2 is 1.78 bits per heavy atom. The lowest BCUT2D eigenvalue weighted by molar-refractivity contribution is 0.465. The Hall–Kier alpha value is -1.11. The maximum atomic E-state index is 11.9. The van der Waals surface area contributed by atoms with Gasteiger partial charge in [-0.2, -0.15) is 12.7 Å². The summed E-state index contributed by atoms with van der Waals surface area (Å²) in [5.41, 5.74) is 0.997. The molecule has 0 spiro atoms. The quantitative estimate of drug-likeness (QED) is 0.834. The van der Waals surface area contributed by atoms with Crippen LogP contribution in [0.3, 0.4) is 0 Å². The van der Waals surface area contributed by atoms with Gasteiger partial charge in [-0.3, -0.25) is 0 Å². The summed E-state index contributed by atoms with van der Waals surface area (Å²) in [6.07, 6.45) is 2.51. The van der Waals surface area contributed by atoms with Crippen LogP contribution in [0.25, 0.3) is 0 Å². The zero-order valence-electron chi connectivity index (χ0n) is 10.2. The summed E-state index contributed by atoms with van der Waals surface area (Å²) in [5, 5.41) is 9.14. The van der Waals surface area contributed by atoms with Crippen molar-refractivity contribution in [2.24, 2.45) is 0 Å². The fourth-order valence-electron chi connectivity index (χ4n) is 2.01. The summed E-state index contributed by atoms with van der Waals surface area (Å²) in [5.74, 6) is 0.219. The highest BCUT2D eigenvalue weighted by molar-refractivity contribution is 7.87. The van der Waals surface area contributed by atoms with Gasteiger partial charge in [-0.05, 0) is 37.0 Å². The standard InChI is InChI=1S/C12H18N2O3S/c15-12-5-3-11(4-6-12)7-8-13-18(16,17)14-9-1-2-10-14/h3-6,13,15H,1-2,7-10H2. The second-order valence-electron chi connectivity index (χ2n) is 4.42. The second-order valence-corrected chi connectivity index (χ2v) is 6.18. The van der Waals surface area contributed by atoms with Gasteiger partial charge in [-0.1, -0.05) is 12.1 Å². The third kappa shape index (κ3) is 3.44. The molecule has 0 aliphatic carbocycles. The van der Waals surface area contributed by atoms with Gasteiger partial charge in [0.25, 0.3) is 10.2 Å². The molecule has 6 heteroatoms. The molecular formula is C12H18N2O3S. The molecule has 0 aromatic heterocycles. The van der Waals surface area contributed by atoms with Gasteiger partial charge in [0, 0.05) is 19.6 Å². The molecule has 2 N–H and O–H groups in total. The zero-order valence-corrected chi connectivity index (χ0v) is 11.0. The fraction of sp³-hybridized carbons (Fsp3) is 0.500. The van der Waals surface area contributed by atoms with Gasteiger partial charge in [0.1, 0.15) is 5.75 Å². The van der Waals surface area contributed by atoms with Crippen LogP contribution in [0.4, 0.5) is 0 Å². The molecule has 0 amide bonds. The maximum Gasteiger partial charge on any atom is 0.279 e. The lowest BCUT2D eigenvalue weighted by Crippen LogP contribution is -2.39. The first-order valence-corrected chi connectivity index (χ1v) is 7.54. The van der Waals surface area contributed by atoms with Crippen LogP contribution in [-0.2, 0) is 16.6 Å². The van der Waals surface area contributed by atoms with Crippen LogP contribution in [0.15, 0.2) is 24.3 Å². The van der Waals surface area contributed by atoms with Crippen LogP contribution in [0, 0.1) is 0 Å². The summed E-state index contributed by atoms with van der Waals surface area (Å²) >= 11 is 0. The molecule has 0 saturated carbocycles. The maximum absolute atomic E-state index is 11.9. The van der Waals surface area contributed by atoms with E-state index in [-0.39, 0.29) is 5.75 Å². The van der Waals surface area contributed by atoms with E-state index in [1.807, 2.05) is 0 Å². The topological polar surface area (TPSA) is 69.6 Å². The Labute approximate surface area is 108 Å². The third-order valence-electron chi connectivity index (χ3n) is 3.04. The van der Waals surface area contributed by atoms with Crippen molar-refractivity contribution in [1.29, 1.82) is 0 Å². The molecule has 1 fully saturated rings. The summed E-state index contributed by atoms with van der Waals surface area (Å²) in [7, 11) is -3.30. The van der Waals surface area contributed by atoms with Gasteiger partial charge in [0.15, 0.2) is 0 Å². The van der Waals surface area contributed by atoms with Gasteiger partial charge in [-0.15, -0.1) is 0 Å². The van der Waals surface area contributed by atoms with Crippen LogP contribution in [0.5, 0.6) is 5.75 Å². The number of hydrogen-bond donors (Lipinski definition) is 2. The number of phenols is 1. The molecule has 2 rings (SSSR count). The van der Waals surface area contributed by atoms with E-state index in [2.05, 4.69) is 4.72 Å². The number of nitrogens with one attached hydrogen (secondary N) is 1. The Balaban J connectivity index is 1.82. The highest BCUT2D eigenvalue weighted by atomic mass is 32.2. The van der Waals surface area contributed by atoms with Crippen molar-refractivity contribution < 1.29 is 13.5 Å². The van der Waals surface area contributed by atoms with E-state index in [9.17, 15) is 8.42 Å². The van der Waals surface area contributed by atoms with E-state index >= 15 is 0 Å². The van der Waals surface area contributed by atoms with E-state index in [0.29, 0.717) is 26.1 Å². The molecule has 0 bridgehead atoms. The molecule has 1 heterocycles. The lowest BCUT2D eigenvalue weighted by atomic mass is 10.1. The van der Waals surface area contributed by atoms with Crippen LogP contribution in [0.2, 0.25) is 0 Å². The Kier molecular flexibility index (Phi) is 4.21. The SMILES string of the molecule is O=S(=O)(NCCc1ccc(O)cc1)N1CCCC1. The molecule has 0 atom stereocenters. The Morgan fingerprint density at radius 1 is 1.17 bits per heavy atom. The van der Waals surface area contributed by atoms with E-state index in [0.717, 1.165) is 18.4 Å². The van der Waals surface area contributed by atoms with E-state index < -0.39 is 10.2 Å². The van der Waals surface area contributed by atoms with E-state index in [4.69, 9.17) is 5.11 Å². The normalized spacial score (nSPS) is 17.1. The van der Waals surface area contributed by atoms with E-state index in [1.54, 1.807) is 24.3 Å². The molecule has 1 aliphatic rings. The van der Waals surface area contributed by atoms with Crippen molar-refractivity contribution in [2.45, 2.75) is 19.3 Å². The number of nitrogens with zero attached hydrogens (tertiary/aromatic N) is 1. The summed E-state index contributed by atoms with van der Waals surface area (Å²) in [6, 6.07) is 6.79. The highest BCUT2D eigenvalue weighted by Gasteiger charge is 2.24. The van der Waals surface area contributed by atoms with Gasteiger partial charge >= 0.3 is 0 Å². The lowest BCUT2D eigenvalue weighted by Gasteiger charge is -2.15. The second kappa shape index (κ2) is 5.69. The predicted octanol–water partition coefficient (Wildman–Crippen LogP) is 0.865. The first-order chi connectivity index (χ1) is 8.58. The third-order valence-corrected chi connectivity index (χ3v) is 4.65. The average Bonchev–Trinajstić information content (AvgIpc) is 2.86. The number of aromatic hydroxyl groups is 1. The van der Waals surface area contributed by atoms with Crippen molar-refractivity contribution >= 4 is 10.2 Å². The van der Waals surface area contributed by atoms with E-state index in [1.165, 1.54) is 4.31 Å². The molecule has 0 unspecified atom stereocenters. The summed E-state index contributed by atoms with van der Waals surface area (Å²) < 4.78 is 27.8. The molecule has 18 heavy (non-hydrogen) atoms. The molecule has 1 aromatic rings. The first kappa shape index (κ1) is 13.3. The smallest absolute Gasteiger partial charge is 0.279 e. The molecule has 5 nitrogen and oxygen atoms in total. The molecule has 1 aromatic carbocycles. The van der Waals surface area contributed by atoms with Crippen molar-refractivity contribution in [1.82, 2.24) is 9.03 Å². The number of benzene rings is 1. The van der Waals surface area contributed by atoms with Gasteiger partial charge in [0.2, 0.25) is 0 Å². The molecule has 100 valence electrons. The minimum atomic E-state index is -3.30.